The maximum atomic E-state index is 11.8. The average Bonchev–Trinajstić information content (AvgIpc) is 3.16. The molecule has 5 nitrogen and oxygen atoms in total. The van der Waals surface area contributed by atoms with Gasteiger partial charge in [0.05, 0.1) is 6.20 Å². The van der Waals surface area contributed by atoms with Gasteiger partial charge in [0.2, 0.25) is 5.89 Å². The quantitative estimate of drug-likeness (QED) is 0.453. The highest BCUT2D eigenvalue weighted by atomic mass is 16.5. The average molecular weight is 361 g/mol. The first-order chi connectivity index (χ1) is 13.2. The Hall–Kier alpha value is -3.34. The lowest BCUT2D eigenvalue weighted by atomic mass is 10.1. The summed E-state index contributed by atoms with van der Waals surface area (Å²) in [7, 11) is 0. The van der Waals surface area contributed by atoms with Gasteiger partial charge < -0.3 is 13.6 Å². The molecule has 0 atom stereocenters. The van der Waals surface area contributed by atoms with E-state index in [0.29, 0.717) is 23.0 Å². The zero-order valence-corrected chi connectivity index (χ0v) is 15.0. The molecule has 4 aromatic rings. The second kappa shape index (κ2) is 7.50. The van der Waals surface area contributed by atoms with Crippen LogP contribution in [-0.2, 0) is 13.0 Å². The highest BCUT2D eigenvalue weighted by Gasteiger charge is 2.09. The van der Waals surface area contributed by atoms with Crippen molar-refractivity contribution in [3.63, 3.8) is 0 Å². The van der Waals surface area contributed by atoms with Gasteiger partial charge in [0.15, 0.2) is 12.4 Å². The van der Waals surface area contributed by atoms with E-state index in [1.54, 1.807) is 18.3 Å². The summed E-state index contributed by atoms with van der Waals surface area (Å²) < 4.78 is 16.8. The molecule has 0 fully saturated rings. The number of aromatic nitrogens is 1. The standard InChI is InChI=1S/C22H19NO4/c1-2-6-16-11-22(24)27-19-12-17(9-10-18(16)19)25-14-21-23-13-20(26-21)15-7-4-3-5-8-15/h3-5,7-13H,2,6,14H2,1H3. The number of rotatable bonds is 6. The molecule has 27 heavy (non-hydrogen) atoms. The SMILES string of the molecule is CCCc1cc(=O)oc2cc(OCc3ncc(-c4ccccc4)o3)ccc12. The van der Waals surface area contributed by atoms with Crippen molar-refractivity contribution in [1.29, 1.82) is 0 Å². The molecule has 0 radical (unpaired) electrons. The van der Waals surface area contributed by atoms with Crippen molar-refractivity contribution in [3.8, 4) is 17.1 Å². The molecule has 0 aliphatic heterocycles. The number of benzene rings is 2. The van der Waals surface area contributed by atoms with Crippen LogP contribution in [0.1, 0.15) is 24.8 Å². The van der Waals surface area contributed by atoms with Crippen molar-refractivity contribution >= 4 is 11.0 Å². The van der Waals surface area contributed by atoms with Gasteiger partial charge in [-0.3, -0.25) is 0 Å². The summed E-state index contributed by atoms with van der Waals surface area (Å²) in [6.45, 7) is 2.27. The molecule has 0 saturated carbocycles. The van der Waals surface area contributed by atoms with Crippen LogP contribution in [0.15, 0.2) is 74.4 Å². The topological polar surface area (TPSA) is 65.5 Å². The van der Waals surface area contributed by atoms with E-state index in [1.165, 1.54) is 0 Å². The molecule has 0 aliphatic rings. The minimum absolute atomic E-state index is 0.192. The van der Waals surface area contributed by atoms with Crippen LogP contribution < -0.4 is 10.4 Å². The van der Waals surface area contributed by atoms with Crippen LogP contribution in [0, 0.1) is 0 Å². The molecule has 0 N–H and O–H groups in total. The van der Waals surface area contributed by atoms with Gasteiger partial charge in [-0.05, 0) is 24.1 Å². The lowest BCUT2D eigenvalue weighted by molar-refractivity contribution is 0.264. The summed E-state index contributed by atoms with van der Waals surface area (Å²) in [4.78, 5) is 16.0. The van der Waals surface area contributed by atoms with Gasteiger partial charge in [-0.25, -0.2) is 9.78 Å². The first-order valence-corrected chi connectivity index (χ1v) is 8.92. The molecule has 2 aromatic carbocycles. The van der Waals surface area contributed by atoms with Crippen LogP contribution in [0.25, 0.3) is 22.3 Å². The van der Waals surface area contributed by atoms with Crippen molar-refractivity contribution in [2.24, 2.45) is 0 Å². The summed E-state index contributed by atoms with van der Waals surface area (Å²) in [5.41, 5.74) is 2.15. The maximum Gasteiger partial charge on any atom is 0.336 e. The molecule has 2 heterocycles. The predicted molar refractivity (Wildman–Crippen MR) is 103 cm³/mol. The number of aryl methyl sites for hydroxylation is 1. The van der Waals surface area contributed by atoms with E-state index >= 15 is 0 Å². The van der Waals surface area contributed by atoms with E-state index in [1.807, 2.05) is 42.5 Å². The second-order valence-corrected chi connectivity index (χ2v) is 6.27. The van der Waals surface area contributed by atoms with E-state index < -0.39 is 0 Å². The van der Waals surface area contributed by atoms with Crippen LogP contribution in [0.3, 0.4) is 0 Å². The Morgan fingerprint density at radius 3 is 2.70 bits per heavy atom. The van der Waals surface area contributed by atoms with Crippen LogP contribution in [0.4, 0.5) is 0 Å². The molecule has 4 rings (SSSR count). The van der Waals surface area contributed by atoms with E-state index in [2.05, 4.69) is 11.9 Å². The summed E-state index contributed by atoms with van der Waals surface area (Å²) in [6.07, 6.45) is 3.48. The van der Waals surface area contributed by atoms with Crippen LogP contribution in [0.2, 0.25) is 0 Å². The fourth-order valence-corrected chi connectivity index (χ4v) is 3.03. The Labute approximate surface area is 156 Å². The first-order valence-electron chi connectivity index (χ1n) is 8.92. The van der Waals surface area contributed by atoms with Gasteiger partial charge in [-0.1, -0.05) is 43.7 Å². The fraction of sp³-hybridized carbons (Fsp3) is 0.182. The third kappa shape index (κ3) is 3.77. The Morgan fingerprint density at radius 1 is 1.04 bits per heavy atom. The van der Waals surface area contributed by atoms with Crippen molar-refractivity contribution < 1.29 is 13.6 Å². The molecule has 0 aliphatic carbocycles. The third-order valence-electron chi connectivity index (χ3n) is 4.30. The molecule has 0 spiro atoms. The maximum absolute atomic E-state index is 11.8. The number of hydrogen-bond donors (Lipinski definition) is 0. The first kappa shape index (κ1) is 17.1. The molecular formula is C22H19NO4. The van der Waals surface area contributed by atoms with E-state index in [9.17, 15) is 4.79 Å². The molecule has 5 heteroatoms. The molecule has 136 valence electrons. The minimum atomic E-state index is -0.344. The van der Waals surface area contributed by atoms with Gasteiger partial charge in [0.1, 0.15) is 11.3 Å². The highest BCUT2D eigenvalue weighted by molar-refractivity contribution is 5.81. The monoisotopic (exact) mass is 361 g/mol. The lowest BCUT2D eigenvalue weighted by Crippen LogP contribution is -2.01. The summed E-state index contributed by atoms with van der Waals surface area (Å²) in [5.74, 6) is 1.77. The molecule has 0 saturated heterocycles. The fourth-order valence-electron chi connectivity index (χ4n) is 3.03. The van der Waals surface area contributed by atoms with Crippen molar-refractivity contribution in [2.45, 2.75) is 26.4 Å². The summed E-state index contributed by atoms with van der Waals surface area (Å²) in [5, 5.41) is 0.936. The number of nitrogens with zero attached hydrogens (tertiary/aromatic N) is 1. The van der Waals surface area contributed by atoms with E-state index in [0.717, 1.165) is 29.4 Å². The number of fused-ring (bicyclic) bond motifs is 1. The zero-order chi connectivity index (χ0) is 18.6. The Morgan fingerprint density at radius 2 is 1.89 bits per heavy atom. The second-order valence-electron chi connectivity index (χ2n) is 6.27. The van der Waals surface area contributed by atoms with Gasteiger partial charge in [0.25, 0.3) is 0 Å². The number of hydrogen-bond acceptors (Lipinski definition) is 5. The smallest absolute Gasteiger partial charge is 0.336 e. The van der Waals surface area contributed by atoms with Crippen LogP contribution >= 0.6 is 0 Å². The van der Waals surface area contributed by atoms with Gasteiger partial charge in [-0.2, -0.15) is 0 Å². The Balaban J connectivity index is 1.52. The van der Waals surface area contributed by atoms with Gasteiger partial charge in [0, 0.05) is 23.1 Å². The van der Waals surface area contributed by atoms with E-state index in [-0.39, 0.29) is 12.2 Å². The van der Waals surface area contributed by atoms with Crippen molar-refractivity contribution in [2.75, 3.05) is 0 Å². The molecular weight excluding hydrogens is 342 g/mol. The number of ether oxygens (including phenoxy) is 1. The zero-order valence-electron chi connectivity index (χ0n) is 15.0. The third-order valence-corrected chi connectivity index (χ3v) is 4.30. The molecule has 0 amide bonds. The summed E-state index contributed by atoms with van der Waals surface area (Å²) >= 11 is 0. The Bertz CT molecular complexity index is 1110. The number of oxazole rings is 1. The highest BCUT2D eigenvalue weighted by Crippen LogP contribution is 2.25. The largest absolute Gasteiger partial charge is 0.484 e. The van der Waals surface area contributed by atoms with Gasteiger partial charge in [-0.15, -0.1) is 0 Å². The molecule has 2 aromatic heterocycles. The minimum Gasteiger partial charge on any atom is -0.484 e. The molecule has 0 unspecified atom stereocenters. The lowest BCUT2D eigenvalue weighted by Gasteiger charge is -2.07. The Kier molecular flexibility index (Phi) is 4.75. The predicted octanol–water partition coefficient (Wildman–Crippen LogP) is 4.98. The van der Waals surface area contributed by atoms with Crippen molar-refractivity contribution in [1.82, 2.24) is 4.98 Å². The molecule has 0 bridgehead atoms. The normalized spacial score (nSPS) is 11.0. The van der Waals surface area contributed by atoms with E-state index in [4.69, 9.17) is 13.6 Å². The van der Waals surface area contributed by atoms with Crippen molar-refractivity contribution in [3.05, 3.63) is 82.7 Å². The summed E-state index contributed by atoms with van der Waals surface area (Å²) in [6, 6.07) is 16.9. The van der Waals surface area contributed by atoms with Gasteiger partial charge >= 0.3 is 5.63 Å². The van der Waals surface area contributed by atoms with Crippen LogP contribution in [-0.4, -0.2) is 4.98 Å². The van der Waals surface area contributed by atoms with Crippen LogP contribution in [0.5, 0.6) is 5.75 Å².